The maximum atomic E-state index is 12.8. The van der Waals surface area contributed by atoms with Gasteiger partial charge >= 0.3 is 0 Å². The molecule has 0 spiro atoms. The number of nitrogens with two attached hydrogens (primary N) is 1. The van der Waals surface area contributed by atoms with Crippen LogP contribution in [0, 0.1) is 5.92 Å². The van der Waals surface area contributed by atoms with Gasteiger partial charge in [-0.2, -0.15) is 0 Å². The molecular weight excluding hydrogens is 484 g/mol. The molecule has 1 aromatic carbocycles. The number of nitrogens with zero attached hydrogens (tertiary/aromatic N) is 2. The number of rotatable bonds is 5. The van der Waals surface area contributed by atoms with Gasteiger partial charge in [0.2, 0.25) is 21.8 Å². The van der Waals surface area contributed by atoms with E-state index in [4.69, 9.17) is 14.6 Å². The van der Waals surface area contributed by atoms with Crippen molar-refractivity contribution in [3.8, 4) is 11.5 Å². The van der Waals surface area contributed by atoms with Gasteiger partial charge < -0.3 is 19.7 Å². The summed E-state index contributed by atoms with van der Waals surface area (Å²) in [6, 6.07) is 6.88. The van der Waals surface area contributed by atoms with Gasteiger partial charge in [0.1, 0.15) is 0 Å². The number of nitrogens with one attached hydrogen (secondary N) is 1. The van der Waals surface area contributed by atoms with Crippen LogP contribution in [0.3, 0.4) is 0 Å². The molecule has 1 aromatic rings. The highest BCUT2D eigenvalue weighted by Gasteiger charge is 2.44. The highest BCUT2D eigenvalue weighted by molar-refractivity contribution is 7.89. The van der Waals surface area contributed by atoms with Crippen LogP contribution in [0.5, 0.6) is 11.5 Å². The minimum atomic E-state index is -3.63. The Morgan fingerprint density at radius 3 is 2.86 bits per heavy atom. The molecule has 3 heterocycles. The smallest absolute Gasteiger partial charge is 0.239 e. The lowest BCUT2D eigenvalue weighted by molar-refractivity contribution is -0.136. The fourth-order valence-corrected chi connectivity index (χ4v) is 6.33. The number of carbonyl (C=O) groups is 2. The third-order valence-corrected chi connectivity index (χ3v) is 8.39. The average molecular weight is 523 g/mol. The molecular formula is C25H38N4O6S. The van der Waals surface area contributed by atoms with E-state index in [0.717, 1.165) is 31.6 Å². The Morgan fingerprint density at radius 2 is 2.08 bits per heavy atom. The molecule has 10 nitrogen and oxygen atoms in total. The number of ether oxygens (including phenoxy) is 2. The van der Waals surface area contributed by atoms with E-state index in [2.05, 4.69) is 22.3 Å². The van der Waals surface area contributed by atoms with Crippen LogP contribution in [0.25, 0.3) is 0 Å². The number of primary sulfonamides is 1. The predicted molar refractivity (Wildman–Crippen MR) is 135 cm³/mol. The Labute approximate surface area is 213 Å². The molecule has 3 N–H and O–H groups in total. The molecule has 0 radical (unpaired) electrons. The first-order valence-corrected chi connectivity index (χ1v) is 14.6. The summed E-state index contributed by atoms with van der Waals surface area (Å²) in [6.07, 6.45) is 4.72. The van der Waals surface area contributed by atoms with Crippen LogP contribution >= 0.6 is 0 Å². The molecule has 0 aromatic heterocycles. The standard InChI is InChI=1S/C25H38N4O6S/c1-34-22-9-8-18-15-23(22)35-12-3-2-10-28(25(31)7-5-13-36(26,32)33)17-24(30)27-16-19-14-21(18)29-11-4-6-20(19)29/h8-9,15,19-21H,2-7,10-14,16-17H2,1H3,(H,27,30)(H2,26,32,33)/t19-,20+,21-/m1/s1. The third-order valence-electron chi connectivity index (χ3n) is 7.53. The molecule has 36 heavy (non-hydrogen) atoms. The highest BCUT2D eigenvalue weighted by atomic mass is 32.2. The molecule has 4 rings (SSSR count). The van der Waals surface area contributed by atoms with Gasteiger partial charge in [-0.05, 0) is 68.7 Å². The monoisotopic (exact) mass is 522 g/mol. The van der Waals surface area contributed by atoms with Crippen molar-refractivity contribution in [1.82, 2.24) is 15.1 Å². The van der Waals surface area contributed by atoms with Crippen LogP contribution in [-0.4, -0.2) is 81.7 Å². The summed E-state index contributed by atoms with van der Waals surface area (Å²) >= 11 is 0. The summed E-state index contributed by atoms with van der Waals surface area (Å²) in [5.41, 5.74) is 1.22. The minimum Gasteiger partial charge on any atom is -0.493 e. The van der Waals surface area contributed by atoms with Gasteiger partial charge in [0.25, 0.3) is 0 Å². The summed E-state index contributed by atoms with van der Waals surface area (Å²) < 4.78 is 34.1. The normalized spacial score (nSPS) is 25.7. The van der Waals surface area contributed by atoms with Gasteiger partial charge in [-0.3, -0.25) is 14.5 Å². The second-order valence-corrected chi connectivity index (χ2v) is 11.7. The van der Waals surface area contributed by atoms with Gasteiger partial charge in [-0.15, -0.1) is 0 Å². The molecule has 2 amide bonds. The maximum Gasteiger partial charge on any atom is 0.239 e. The second kappa shape index (κ2) is 11.8. The van der Waals surface area contributed by atoms with Crippen LogP contribution in [0.4, 0.5) is 0 Å². The first-order valence-electron chi connectivity index (χ1n) is 12.9. The van der Waals surface area contributed by atoms with E-state index in [9.17, 15) is 18.0 Å². The van der Waals surface area contributed by atoms with Crippen molar-refractivity contribution >= 4 is 21.8 Å². The van der Waals surface area contributed by atoms with Crippen LogP contribution in [0.1, 0.15) is 56.6 Å². The molecule has 0 saturated carbocycles. The maximum absolute atomic E-state index is 12.8. The molecule has 2 fully saturated rings. The Morgan fingerprint density at radius 1 is 1.25 bits per heavy atom. The van der Waals surface area contributed by atoms with Crippen molar-refractivity contribution in [3.63, 3.8) is 0 Å². The zero-order valence-electron chi connectivity index (χ0n) is 21.0. The molecule has 11 heteroatoms. The largest absolute Gasteiger partial charge is 0.493 e. The topological polar surface area (TPSA) is 131 Å². The first-order chi connectivity index (χ1) is 17.2. The van der Waals surface area contributed by atoms with E-state index in [0.29, 0.717) is 50.2 Å². The first kappa shape index (κ1) is 26.7. The summed E-state index contributed by atoms with van der Waals surface area (Å²) in [5, 5.41) is 8.13. The van der Waals surface area contributed by atoms with Crippen molar-refractivity contribution < 1.29 is 27.5 Å². The van der Waals surface area contributed by atoms with Gasteiger partial charge in [0.05, 0.1) is 26.0 Å². The number of hydrogen-bond donors (Lipinski definition) is 2. The van der Waals surface area contributed by atoms with Gasteiger partial charge in [0.15, 0.2) is 11.5 Å². The summed E-state index contributed by atoms with van der Waals surface area (Å²) in [4.78, 5) is 29.7. The Bertz CT molecular complexity index is 1050. The summed E-state index contributed by atoms with van der Waals surface area (Å²) in [5.74, 6) is 1.08. The van der Waals surface area contributed by atoms with Crippen molar-refractivity contribution in [3.05, 3.63) is 23.8 Å². The fourth-order valence-electron chi connectivity index (χ4n) is 5.78. The van der Waals surface area contributed by atoms with Crippen molar-refractivity contribution in [2.24, 2.45) is 11.1 Å². The Hall–Kier alpha value is -2.37. The van der Waals surface area contributed by atoms with Crippen molar-refractivity contribution in [2.45, 2.75) is 57.0 Å². The van der Waals surface area contributed by atoms with Crippen LogP contribution < -0.4 is 19.9 Å². The number of carbonyl (C=O) groups excluding carboxylic acids is 2. The van der Waals surface area contributed by atoms with E-state index in [1.54, 1.807) is 7.11 Å². The number of amides is 2. The quantitative estimate of drug-likeness (QED) is 0.598. The van der Waals surface area contributed by atoms with E-state index in [-0.39, 0.29) is 43.0 Å². The Kier molecular flexibility index (Phi) is 8.74. The van der Waals surface area contributed by atoms with Crippen molar-refractivity contribution in [2.75, 3.05) is 45.6 Å². The van der Waals surface area contributed by atoms with Crippen LogP contribution in [-0.2, 0) is 19.6 Å². The third kappa shape index (κ3) is 6.68. The molecule has 3 atom stereocenters. The fraction of sp³-hybridized carbons (Fsp3) is 0.680. The van der Waals surface area contributed by atoms with E-state index >= 15 is 0 Å². The molecule has 3 aliphatic heterocycles. The number of benzene rings is 1. The lowest BCUT2D eigenvalue weighted by Crippen LogP contribution is -2.43. The summed E-state index contributed by atoms with van der Waals surface area (Å²) in [6.45, 7) is 2.43. The second-order valence-electron chi connectivity index (χ2n) is 10.0. The lowest BCUT2D eigenvalue weighted by atomic mass is 9.94. The summed E-state index contributed by atoms with van der Waals surface area (Å²) in [7, 11) is -1.99. The zero-order valence-corrected chi connectivity index (χ0v) is 21.8. The van der Waals surface area contributed by atoms with E-state index in [1.165, 1.54) is 10.5 Å². The predicted octanol–water partition coefficient (Wildman–Crippen LogP) is 1.41. The molecule has 3 aliphatic rings. The molecule has 2 saturated heterocycles. The average Bonchev–Trinajstić information content (AvgIpc) is 3.43. The molecule has 0 aliphatic carbocycles. The number of hydrogen-bond acceptors (Lipinski definition) is 7. The van der Waals surface area contributed by atoms with Gasteiger partial charge in [-0.1, -0.05) is 6.07 Å². The lowest BCUT2D eigenvalue weighted by Gasteiger charge is -2.25. The number of fused-ring (bicyclic) bond motifs is 8. The molecule has 4 bridgehead atoms. The Balaban J connectivity index is 1.49. The zero-order chi connectivity index (χ0) is 25.7. The van der Waals surface area contributed by atoms with E-state index in [1.807, 2.05) is 6.07 Å². The molecule has 200 valence electrons. The van der Waals surface area contributed by atoms with Crippen LogP contribution in [0.2, 0.25) is 0 Å². The van der Waals surface area contributed by atoms with Gasteiger partial charge in [-0.25, -0.2) is 13.6 Å². The minimum absolute atomic E-state index is 0.0333. The number of sulfonamides is 1. The SMILES string of the molecule is COc1ccc2cc1OCCCCN(C(=O)CCCS(N)(=O)=O)CC(=O)NC[C@H]1C[C@H]2N2CCC[C@@H]12. The molecule has 0 unspecified atom stereocenters. The highest BCUT2D eigenvalue weighted by Crippen LogP contribution is 2.46. The van der Waals surface area contributed by atoms with Crippen molar-refractivity contribution in [1.29, 1.82) is 0 Å². The van der Waals surface area contributed by atoms with E-state index < -0.39 is 10.0 Å². The van der Waals surface area contributed by atoms with Crippen LogP contribution in [0.15, 0.2) is 18.2 Å². The van der Waals surface area contributed by atoms with Gasteiger partial charge in [0, 0.05) is 31.6 Å². The number of methoxy groups -OCH3 is 1.